The van der Waals surface area contributed by atoms with Crippen LogP contribution in [0.5, 0.6) is 11.5 Å². The van der Waals surface area contributed by atoms with Crippen LogP contribution >= 0.6 is 0 Å². The lowest BCUT2D eigenvalue weighted by molar-refractivity contribution is 0.282. The number of benzene rings is 4. The van der Waals surface area contributed by atoms with Crippen LogP contribution in [0.4, 0.5) is 0 Å². The lowest BCUT2D eigenvalue weighted by atomic mass is 9.96. The summed E-state index contributed by atoms with van der Waals surface area (Å²) < 4.78 is 11.8. The Morgan fingerprint density at radius 2 is 1.73 bits per heavy atom. The molecule has 0 amide bonds. The topological polar surface area (TPSA) is 42.2 Å². The molecule has 3 nitrogen and oxygen atoms in total. The van der Waals surface area contributed by atoms with Crippen molar-refractivity contribution < 1.29 is 9.47 Å². The van der Waals surface area contributed by atoms with Gasteiger partial charge < -0.3 is 9.47 Å². The van der Waals surface area contributed by atoms with Gasteiger partial charge in [0, 0.05) is 11.1 Å². The summed E-state index contributed by atoms with van der Waals surface area (Å²) in [7, 11) is 1.63. The number of hydrogen-bond acceptors (Lipinski definition) is 3. The predicted molar refractivity (Wildman–Crippen MR) is 135 cm³/mol. The molecule has 0 saturated carbocycles. The summed E-state index contributed by atoms with van der Waals surface area (Å²) in [6.45, 7) is 4.34. The second-order valence-corrected chi connectivity index (χ2v) is 7.68. The van der Waals surface area contributed by atoms with Crippen LogP contribution in [-0.2, 0) is 13.0 Å². The van der Waals surface area contributed by atoms with Crippen molar-refractivity contribution in [3.63, 3.8) is 0 Å². The summed E-state index contributed by atoms with van der Waals surface area (Å²) in [6.07, 6.45) is 4.36. The Morgan fingerprint density at radius 3 is 2.48 bits per heavy atom. The summed E-state index contributed by atoms with van der Waals surface area (Å²) in [6, 6.07) is 30.5. The van der Waals surface area contributed by atoms with E-state index in [-0.39, 0.29) is 0 Å². The first-order valence-corrected chi connectivity index (χ1v) is 10.8. The Hall–Kier alpha value is -4.29. The highest BCUT2D eigenvalue weighted by molar-refractivity contribution is 6.01. The number of fused-ring (bicyclic) bond motifs is 1. The molecule has 0 heterocycles. The molecular weight excluding hydrogens is 406 g/mol. The summed E-state index contributed by atoms with van der Waals surface area (Å²) in [5, 5.41) is 12.1. The molecule has 0 aromatic heterocycles. The zero-order valence-corrected chi connectivity index (χ0v) is 18.6. The molecule has 0 N–H and O–H groups in total. The molecule has 0 aliphatic carbocycles. The molecule has 3 heteroatoms. The standard InChI is InChI=1S/C30H25NO2/c1-3-10-25-17-23(19-29(32-2)30(25)33-21-22-11-5-4-6-12-22)18-26(20-31)28-16-9-14-24-13-7-8-15-27(24)28/h3-9,11-19H,1,10,21H2,2H3/b26-18+. The Balaban J connectivity index is 1.75. The van der Waals surface area contributed by atoms with E-state index < -0.39 is 0 Å². The first kappa shape index (κ1) is 21.9. The zero-order valence-electron chi connectivity index (χ0n) is 18.6. The first-order valence-electron chi connectivity index (χ1n) is 10.8. The van der Waals surface area contributed by atoms with Gasteiger partial charge in [0.2, 0.25) is 0 Å². The molecule has 0 fully saturated rings. The fourth-order valence-electron chi connectivity index (χ4n) is 3.92. The number of hydrogen-bond donors (Lipinski definition) is 0. The minimum atomic E-state index is 0.440. The van der Waals surface area contributed by atoms with Crippen molar-refractivity contribution in [2.75, 3.05) is 7.11 Å². The fraction of sp³-hybridized carbons (Fsp3) is 0.100. The number of methoxy groups -OCH3 is 1. The smallest absolute Gasteiger partial charge is 0.165 e. The van der Waals surface area contributed by atoms with E-state index in [4.69, 9.17) is 9.47 Å². The average molecular weight is 432 g/mol. The highest BCUT2D eigenvalue weighted by atomic mass is 16.5. The van der Waals surface area contributed by atoms with Crippen molar-refractivity contribution >= 4 is 22.4 Å². The SMILES string of the molecule is C=CCc1cc(/C=C(\C#N)c2cccc3ccccc23)cc(OC)c1OCc1ccccc1. The van der Waals surface area contributed by atoms with Gasteiger partial charge in [-0.15, -0.1) is 6.58 Å². The maximum Gasteiger partial charge on any atom is 0.165 e. The molecule has 4 aromatic rings. The number of allylic oxidation sites excluding steroid dienone is 2. The van der Waals surface area contributed by atoms with E-state index in [1.807, 2.05) is 84.9 Å². The summed E-state index contributed by atoms with van der Waals surface area (Å²) in [5.74, 6) is 1.33. The molecule has 0 unspecified atom stereocenters. The normalized spacial score (nSPS) is 11.1. The largest absolute Gasteiger partial charge is 0.493 e. The molecule has 162 valence electrons. The summed E-state index contributed by atoms with van der Waals surface area (Å²) in [5.41, 5.74) is 4.42. The molecule has 4 rings (SSSR count). The number of nitrogens with zero attached hydrogens (tertiary/aromatic N) is 1. The van der Waals surface area contributed by atoms with Crippen LogP contribution in [0.1, 0.15) is 22.3 Å². The molecule has 0 atom stereocenters. The Kier molecular flexibility index (Phi) is 6.87. The quantitative estimate of drug-likeness (QED) is 0.168. The van der Waals surface area contributed by atoms with E-state index in [1.54, 1.807) is 7.11 Å². The highest BCUT2D eigenvalue weighted by Gasteiger charge is 2.14. The molecule has 0 aliphatic heterocycles. The van der Waals surface area contributed by atoms with Gasteiger partial charge in [-0.25, -0.2) is 0 Å². The second kappa shape index (κ2) is 10.3. The van der Waals surface area contributed by atoms with E-state index >= 15 is 0 Å². The summed E-state index contributed by atoms with van der Waals surface area (Å²) in [4.78, 5) is 0. The third-order valence-corrected chi connectivity index (χ3v) is 5.48. The minimum absolute atomic E-state index is 0.440. The van der Waals surface area contributed by atoms with Gasteiger partial charge in [-0.05, 0) is 46.5 Å². The van der Waals surface area contributed by atoms with Gasteiger partial charge in [-0.1, -0.05) is 78.9 Å². The third kappa shape index (κ3) is 4.97. The number of rotatable bonds is 8. The fourth-order valence-corrected chi connectivity index (χ4v) is 3.92. The number of nitriles is 1. The maximum atomic E-state index is 9.97. The van der Waals surface area contributed by atoms with E-state index in [2.05, 4.69) is 24.8 Å². The van der Waals surface area contributed by atoms with Crippen LogP contribution in [0.15, 0.2) is 97.6 Å². The van der Waals surface area contributed by atoms with Crippen molar-refractivity contribution in [1.29, 1.82) is 5.26 Å². The lowest BCUT2D eigenvalue weighted by Gasteiger charge is -2.16. The van der Waals surface area contributed by atoms with Crippen molar-refractivity contribution in [1.82, 2.24) is 0 Å². The van der Waals surface area contributed by atoms with E-state index in [1.165, 1.54) is 0 Å². The number of ether oxygens (including phenoxy) is 2. The van der Waals surface area contributed by atoms with Crippen LogP contribution in [0, 0.1) is 11.3 Å². The van der Waals surface area contributed by atoms with Crippen LogP contribution in [0.2, 0.25) is 0 Å². The van der Waals surface area contributed by atoms with Gasteiger partial charge in [0.05, 0.1) is 18.8 Å². The van der Waals surface area contributed by atoms with Crippen LogP contribution in [0.25, 0.3) is 22.4 Å². The van der Waals surface area contributed by atoms with Crippen molar-refractivity contribution in [2.45, 2.75) is 13.0 Å². The Labute approximate surface area is 194 Å². The van der Waals surface area contributed by atoms with Crippen molar-refractivity contribution in [2.24, 2.45) is 0 Å². The van der Waals surface area contributed by atoms with E-state index in [9.17, 15) is 5.26 Å². The molecule has 33 heavy (non-hydrogen) atoms. The van der Waals surface area contributed by atoms with Gasteiger partial charge in [0.15, 0.2) is 11.5 Å². The van der Waals surface area contributed by atoms with E-state index in [0.717, 1.165) is 33.0 Å². The second-order valence-electron chi connectivity index (χ2n) is 7.68. The monoisotopic (exact) mass is 431 g/mol. The predicted octanol–water partition coefficient (Wildman–Crippen LogP) is 7.22. The Bertz CT molecular complexity index is 1340. The van der Waals surface area contributed by atoms with Crippen LogP contribution < -0.4 is 9.47 Å². The lowest BCUT2D eigenvalue weighted by Crippen LogP contribution is -2.01. The van der Waals surface area contributed by atoms with E-state index in [0.29, 0.717) is 30.1 Å². The van der Waals surface area contributed by atoms with Crippen molar-refractivity contribution in [3.05, 3.63) is 120 Å². The van der Waals surface area contributed by atoms with Crippen LogP contribution in [-0.4, -0.2) is 7.11 Å². The third-order valence-electron chi connectivity index (χ3n) is 5.48. The molecule has 0 saturated heterocycles. The van der Waals surface area contributed by atoms with Gasteiger partial charge in [-0.3, -0.25) is 0 Å². The van der Waals surface area contributed by atoms with Crippen molar-refractivity contribution in [3.8, 4) is 17.6 Å². The molecule has 0 spiro atoms. The minimum Gasteiger partial charge on any atom is -0.493 e. The molecule has 0 bridgehead atoms. The molecular formula is C30H25NO2. The zero-order chi connectivity index (χ0) is 23.0. The van der Waals surface area contributed by atoms with Crippen LogP contribution in [0.3, 0.4) is 0 Å². The van der Waals surface area contributed by atoms with Gasteiger partial charge >= 0.3 is 0 Å². The average Bonchev–Trinajstić information content (AvgIpc) is 2.87. The molecule has 0 aliphatic rings. The summed E-state index contributed by atoms with van der Waals surface area (Å²) >= 11 is 0. The van der Waals surface area contributed by atoms with Gasteiger partial charge in [0.25, 0.3) is 0 Å². The molecule has 0 radical (unpaired) electrons. The van der Waals surface area contributed by atoms with Gasteiger partial charge in [-0.2, -0.15) is 5.26 Å². The Morgan fingerprint density at radius 1 is 0.970 bits per heavy atom. The highest BCUT2D eigenvalue weighted by Crippen LogP contribution is 2.36. The van der Waals surface area contributed by atoms with Gasteiger partial charge in [0.1, 0.15) is 6.61 Å². The first-order chi connectivity index (χ1) is 16.2. The maximum absolute atomic E-state index is 9.97. The molecule has 4 aromatic carbocycles.